The molecule has 4 rings (SSSR count). The molecule has 1 aliphatic heterocycles. The Labute approximate surface area is 242 Å². The van der Waals surface area contributed by atoms with Gasteiger partial charge >= 0.3 is 6.36 Å². The molecule has 0 bridgehead atoms. The summed E-state index contributed by atoms with van der Waals surface area (Å²) in [5.74, 6) is 0.904. The third-order valence-corrected chi connectivity index (χ3v) is 7.26. The Morgan fingerprint density at radius 1 is 1.05 bits per heavy atom. The number of thioether (sulfide) groups is 1. The van der Waals surface area contributed by atoms with Crippen LogP contribution in [-0.2, 0) is 0 Å². The Morgan fingerprint density at radius 3 is 2.38 bits per heavy atom. The number of aliphatic imine (C=N–C) groups is 2. The lowest BCUT2D eigenvalue weighted by Crippen LogP contribution is -2.35. The topological polar surface area (TPSA) is 87.9 Å². The first-order valence-electron chi connectivity index (χ1n) is 12.2. The summed E-state index contributed by atoms with van der Waals surface area (Å²) in [6.07, 6.45) is -0.747. The molecule has 0 aromatic heterocycles. The van der Waals surface area contributed by atoms with Crippen LogP contribution in [0.25, 0.3) is 0 Å². The van der Waals surface area contributed by atoms with Crippen molar-refractivity contribution in [2.24, 2.45) is 25.9 Å². The van der Waals surface area contributed by atoms with Crippen LogP contribution in [0.3, 0.4) is 0 Å². The van der Waals surface area contributed by atoms with E-state index >= 15 is 0 Å². The van der Waals surface area contributed by atoms with Gasteiger partial charge in [0.15, 0.2) is 5.17 Å². The lowest BCUT2D eigenvalue weighted by Gasteiger charge is -2.31. The monoisotopic (exact) mass is 630 g/mol. The maximum absolute atomic E-state index is 12.3. The Morgan fingerprint density at radius 2 is 1.73 bits per heavy atom. The molecule has 12 heteroatoms. The third kappa shape index (κ3) is 8.18. The summed E-state index contributed by atoms with van der Waals surface area (Å²) in [4.78, 5) is 10.4. The van der Waals surface area contributed by atoms with Gasteiger partial charge in [0.05, 0.1) is 11.9 Å². The average Bonchev–Trinajstić information content (AvgIpc) is 2.89. The molecule has 0 aliphatic carbocycles. The zero-order chi connectivity index (χ0) is 28.7. The second-order valence-corrected chi connectivity index (χ2v) is 10.8. The van der Waals surface area contributed by atoms with E-state index in [0.29, 0.717) is 11.3 Å². The van der Waals surface area contributed by atoms with Gasteiger partial charge in [0.1, 0.15) is 17.9 Å². The highest BCUT2D eigenvalue weighted by atomic mass is 79.9. The Bertz CT molecular complexity index is 1430. The molecule has 208 valence electrons. The summed E-state index contributed by atoms with van der Waals surface area (Å²) in [6.45, 7) is 5.09. The maximum atomic E-state index is 12.3. The lowest BCUT2D eigenvalue weighted by atomic mass is 10.1. The van der Waals surface area contributed by atoms with E-state index in [-0.39, 0.29) is 11.6 Å². The molecule has 0 saturated carbocycles. The first-order valence-corrected chi connectivity index (χ1v) is 14.0. The van der Waals surface area contributed by atoms with Crippen molar-refractivity contribution in [2.75, 3.05) is 17.2 Å². The number of hydrogen-bond donors (Lipinski definition) is 1. The van der Waals surface area contributed by atoms with Crippen molar-refractivity contribution in [3.05, 3.63) is 87.4 Å². The molecule has 1 fully saturated rings. The number of alkyl halides is 3. The normalized spacial score (nSPS) is 15.9. The lowest BCUT2D eigenvalue weighted by molar-refractivity contribution is -0.274. The number of nitrogens with two attached hydrogens (primary N) is 1. The molecule has 0 radical (unpaired) electrons. The molecule has 2 N–H and O–H groups in total. The largest absolute Gasteiger partial charge is 0.573 e. The van der Waals surface area contributed by atoms with Crippen LogP contribution in [0.5, 0.6) is 5.75 Å². The third-order valence-electron chi connectivity index (χ3n) is 5.74. The predicted octanol–water partition coefficient (Wildman–Crippen LogP) is 7.36. The molecule has 0 unspecified atom stereocenters. The van der Waals surface area contributed by atoms with Crippen LogP contribution < -0.4 is 15.4 Å². The number of nitrogens with zero attached hydrogens (tertiary/aromatic N) is 5. The summed E-state index contributed by atoms with van der Waals surface area (Å²) >= 11 is 5.26. The second kappa shape index (κ2) is 13.1. The van der Waals surface area contributed by atoms with Crippen LogP contribution in [0.1, 0.15) is 28.7 Å². The summed E-state index contributed by atoms with van der Waals surface area (Å²) in [5.41, 5.74) is 11.5. The van der Waals surface area contributed by atoms with Gasteiger partial charge in [0, 0.05) is 28.0 Å². The number of benzene rings is 3. The molecule has 1 heterocycles. The van der Waals surface area contributed by atoms with E-state index in [9.17, 15) is 13.2 Å². The zero-order valence-corrected chi connectivity index (χ0v) is 24.1. The summed E-state index contributed by atoms with van der Waals surface area (Å²) in [5, 5.41) is 9.73. The number of amidine groups is 2. The molecule has 0 spiro atoms. The smallest absolute Gasteiger partial charge is 0.406 e. The molecule has 0 atom stereocenters. The van der Waals surface area contributed by atoms with E-state index in [0.717, 1.165) is 33.9 Å². The Balaban J connectivity index is 1.39. The Hall–Kier alpha value is -3.64. The zero-order valence-electron chi connectivity index (χ0n) is 21.7. The first kappa shape index (κ1) is 29.3. The van der Waals surface area contributed by atoms with Crippen molar-refractivity contribution in [3.63, 3.8) is 0 Å². The van der Waals surface area contributed by atoms with Crippen LogP contribution in [0, 0.1) is 13.8 Å². The van der Waals surface area contributed by atoms with Gasteiger partial charge in [-0.05, 0) is 73.4 Å². The summed E-state index contributed by atoms with van der Waals surface area (Å²) in [6, 6.07) is 16.6. The molecule has 1 saturated heterocycles. The van der Waals surface area contributed by atoms with Gasteiger partial charge in [-0.3, -0.25) is 0 Å². The number of ether oxygens (including phenoxy) is 1. The van der Waals surface area contributed by atoms with E-state index in [1.807, 2.05) is 12.1 Å². The maximum Gasteiger partial charge on any atom is 0.573 e. The first-order chi connectivity index (χ1) is 19.1. The van der Waals surface area contributed by atoms with Crippen molar-refractivity contribution in [2.45, 2.75) is 26.6 Å². The summed E-state index contributed by atoms with van der Waals surface area (Å²) < 4.78 is 41.7. The van der Waals surface area contributed by atoms with Gasteiger partial charge in [0.25, 0.3) is 0 Å². The minimum Gasteiger partial charge on any atom is -0.406 e. The molecule has 40 heavy (non-hydrogen) atoms. The molecule has 1 aliphatic rings. The van der Waals surface area contributed by atoms with E-state index < -0.39 is 6.36 Å². The van der Waals surface area contributed by atoms with Crippen molar-refractivity contribution >= 4 is 62.6 Å². The summed E-state index contributed by atoms with van der Waals surface area (Å²) in [7, 11) is 0. The van der Waals surface area contributed by atoms with E-state index in [1.165, 1.54) is 47.4 Å². The minimum absolute atomic E-state index is 0.235. The van der Waals surface area contributed by atoms with Crippen molar-refractivity contribution in [1.29, 1.82) is 0 Å². The fourth-order valence-electron chi connectivity index (χ4n) is 4.03. The van der Waals surface area contributed by atoms with Gasteiger partial charge in [-0.15, -0.1) is 18.3 Å². The van der Waals surface area contributed by atoms with Gasteiger partial charge in [0.2, 0.25) is 0 Å². The van der Waals surface area contributed by atoms with Crippen LogP contribution in [0.4, 0.5) is 24.5 Å². The van der Waals surface area contributed by atoms with Gasteiger partial charge in [-0.25, -0.2) is 9.98 Å². The molecule has 0 amide bonds. The van der Waals surface area contributed by atoms with Crippen LogP contribution in [0.2, 0.25) is 0 Å². The number of rotatable bonds is 7. The fraction of sp³-hybridized carbons (Fsp3) is 0.214. The van der Waals surface area contributed by atoms with Crippen LogP contribution in [0.15, 0.2) is 85.3 Å². The molecule has 3 aromatic rings. The molecular formula is C28H26BrF3N6OS. The highest BCUT2D eigenvalue weighted by Crippen LogP contribution is 2.33. The molecule has 3 aromatic carbocycles. The van der Waals surface area contributed by atoms with Crippen LogP contribution in [-0.4, -0.2) is 42.2 Å². The van der Waals surface area contributed by atoms with Gasteiger partial charge < -0.3 is 15.4 Å². The highest BCUT2D eigenvalue weighted by molar-refractivity contribution is 9.10. The number of aryl methyl sites for hydroxylation is 2. The standard InChI is InChI=1S/C28H26BrF3N6OS/c1-18-14-22(29)15-19(2)25(18)38-12-3-13-40-27(38)37-36-16-20-4-6-21(7-5-20)26(33)35-17-34-23-8-10-24(11-9-23)39-28(30,31)32/h4-11,14-17H,3,12-13H2,1-2H3,(H2,33,34,35)/b36-16+,37-27-. The quantitative estimate of drug-likeness (QED) is 0.168. The number of hydrogen-bond acceptors (Lipinski definition) is 5. The van der Waals surface area contributed by atoms with Crippen molar-refractivity contribution in [3.8, 4) is 5.75 Å². The number of halogens is 4. The Kier molecular flexibility index (Phi) is 9.64. The van der Waals surface area contributed by atoms with Crippen molar-refractivity contribution < 1.29 is 17.9 Å². The van der Waals surface area contributed by atoms with E-state index in [4.69, 9.17) is 5.73 Å². The van der Waals surface area contributed by atoms with Gasteiger partial charge in [-0.2, -0.15) is 5.10 Å². The van der Waals surface area contributed by atoms with Crippen molar-refractivity contribution in [1.82, 2.24) is 0 Å². The SMILES string of the molecule is Cc1cc(Br)cc(C)c1N1CCCS/C1=N\N=C\c1ccc(C(N)=NC=Nc2ccc(OC(F)(F)F)cc2)cc1. The van der Waals surface area contributed by atoms with Gasteiger partial charge in [-0.1, -0.05) is 52.0 Å². The second-order valence-electron chi connectivity index (χ2n) is 8.79. The van der Waals surface area contributed by atoms with Crippen LogP contribution >= 0.6 is 27.7 Å². The van der Waals surface area contributed by atoms with E-state index in [1.54, 1.807) is 30.1 Å². The minimum atomic E-state index is -4.74. The average molecular weight is 632 g/mol. The predicted molar refractivity (Wildman–Crippen MR) is 162 cm³/mol. The highest BCUT2D eigenvalue weighted by Gasteiger charge is 2.31. The fourth-order valence-corrected chi connectivity index (χ4v) is 5.62. The van der Waals surface area contributed by atoms with E-state index in [2.05, 4.69) is 71.7 Å². The molecular weight excluding hydrogens is 605 g/mol. The molecule has 7 nitrogen and oxygen atoms in total. The number of anilines is 1.